The molecule has 25 heavy (non-hydrogen) atoms. The molecule has 1 saturated heterocycles. The number of thioether (sulfide) groups is 1. The molecule has 0 radical (unpaired) electrons. The van der Waals surface area contributed by atoms with E-state index in [-0.39, 0.29) is 11.1 Å². The zero-order chi connectivity index (χ0) is 17.2. The highest BCUT2D eigenvalue weighted by Crippen LogP contribution is 2.36. The van der Waals surface area contributed by atoms with E-state index in [2.05, 4.69) is 5.32 Å². The fourth-order valence-corrected chi connectivity index (χ4v) is 4.17. The van der Waals surface area contributed by atoms with Gasteiger partial charge in [-0.25, -0.2) is 0 Å². The molecule has 1 aliphatic heterocycles. The molecule has 2 aromatic carbocycles. The minimum Gasteiger partial charge on any atom is -0.488 e. The third-order valence-electron chi connectivity index (χ3n) is 3.77. The summed E-state index contributed by atoms with van der Waals surface area (Å²) in [6.07, 6.45) is 1.75. The number of nitrogens with one attached hydrogen (secondary N) is 1. The Morgan fingerprint density at radius 1 is 1.04 bits per heavy atom. The van der Waals surface area contributed by atoms with Crippen molar-refractivity contribution in [2.24, 2.45) is 0 Å². The van der Waals surface area contributed by atoms with Gasteiger partial charge in [0.15, 0.2) is 0 Å². The van der Waals surface area contributed by atoms with Crippen LogP contribution in [-0.2, 0) is 11.4 Å². The largest absolute Gasteiger partial charge is 0.488 e. The lowest BCUT2D eigenvalue weighted by Crippen LogP contribution is -2.17. The van der Waals surface area contributed by atoms with E-state index in [9.17, 15) is 9.59 Å². The summed E-state index contributed by atoms with van der Waals surface area (Å²) in [4.78, 5) is 23.5. The van der Waals surface area contributed by atoms with E-state index in [0.717, 1.165) is 38.7 Å². The van der Waals surface area contributed by atoms with Crippen LogP contribution in [0.4, 0.5) is 4.79 Å². The van der Waals surface area contributed by atoms with Gasteiger partial charge in [-0.1, -0.05) is 30.3 Å². The highest BCUT2D eigenvalue weighted by Gasteiger charge is 2.25. The van der Waals surface area contributed by atoms with Gasteiger partial charge in [0.25, 0.3) is 11.1 Å². The zero-order valence-electron chi connectivity index (χ0n) is 13.0. The molecule has 2 amide bonds. The molecule has 4 rings (SSSR count). The van der Waals surface area contributed by atoms with Gasteiger partial charge in [0.2, 0.25) is 0 Å². The predicted octanol–water partition coefficient (Wildman–Crippen LogP) is 4.80. The minimum atomic E-state index is -0.343. The first-order valence-corrected chi connectivity index (χ1v) is 9.32. The fourth-order valence-electron chi connectivity index (χ4n) is 2.59. The van der Waals surface area contributed by atoms with Gasteiger partial charge in [-0.15, -0.1) is 11.3 Å². The molecule has 0 atom stereocenters. The fraction of sp³-hybridized carbons (Fsp3) is 0.0526. The second-order valence-electron chi connectivity index (χ2n) is 5.44. The molecule has 3 aromatic rings. The smallest absolute Gasteiger partial charge is 0.290 e. The van der Waals surface area contributed by atoms with Gasteiger partial charge in [-0.3, -0.25) is 14.9 Å². The number of benzene rings is 2. The monoisotopic (exact) mass is 367 g/mol. The topological polar surface area (TPSA) is 55.4 Å². The molecule has 0 bridgehead atoms. The highest BCUT2D eigenvalue weighted by atomic mass is 32.2. The number of carbonyl (C=O) groups excluding carboxylic acids is 2. The van der Waals surface area contributed by atoms with Crippen molar-refractivity contribution in [3.63, 3.8) is 0 Å². The molecule has 124 valence electrons. The molecule has 0 aliphatic carbocycles. The van der Waals surface area contributed by atoms with Gasteiger partial charge in [0.1, 0.15) is 12.4 Å². The quantitative estimate of drug-likeness (QED) is 0.673. The van der Waals surface area contributed by atoms with Crippen LogP contribution in [0.1, 0.15) is 11.1 Å². The first-order valence-electron chi connectivity index (χ1n) is 7.62. The lowest BCUT2D eigenvalue weighted by molar-refractivity contribution is -0.115. The Labute approximate surface area is 152 Å². The molecule has 4 nitrogen and oxygen atoms in total. The van der Waals surface area contributed by atoms with E-state index in [0.29, 0.717) is 11.5 Å². The third kappa shape index (κ3) is 3.31. The van der Waals surface area contributed by atoms with Crippen molar-refractivity contribution in [1.82, 2.24) is 5.32 Å². The molecule has 2 heterocycles. The van der Waals surface area contributed by atoms with E-state index in [4.69, 9.17) is 4.74 Å². The highest BCUT2D eigenvalue weighted by molar-refractivity contribution is 8.18. The molecule has 0 saturated carbocycles. The number of thiophene rings is 1. The van der Waals surface area contributed by atoms with Crippen molar-refractivity contribution in [3.05, 3.63) is 69.9 Å². The van der Waals surface area contributed by atoms with Crippen LogP contribution >= 0.6 is 23.1 Å². The van der Waals surface area contributed by atoms with E-state index < -0.39 is 0 Å². The van der Waals surface area contributed by atoms with Crippen LogP contribution in [0.5, 0.6) is 5.75 Å². The van der Waals surface area contributed by atoms with E-state index >= 15 is 0 Å². The molecule has 1 aliphatic rings. The first-order chi connectivity index (χ1) is 12.2. The number of hydrogen-bond donors (Lipinski definition) is 1. The summed E-state index contributed by atoms with van der Waals surface area (Å²) < 4.78 is 7.01. The molecule has 1 aromatic heterocycles. The van der Waals surface area contributed by atoms with E-state index in [1.54, 1.807) is 17.4 Å². The van der Waals surface area contributed by atoms with Crippen LogP contribution in [0.3, 0.4) is 0 Å². The number of ether oxygens (including phenoxy) is 1. The van der Waals surface area contributed by atoms with Crippen LogP contribution in [0.2, 0.25) is 0 Å². The van der Waals surface area contributed by atoms with Gasteiger partial charge >= 0.3 is 0 Å². The minimum absolute atomic E-state index is 0.332. The third-order valence-corrected chi connectivity index (χ3v) is 5.55. The Morgan fingerprint density at radius 3 is 2.64 bits per heavy atom. The Bertz CT molecular complexity index is 992. The van der Waals surface area contributed by atoms with E-state index in [1.165, 1.54) is 0 Å². The van der Waals surface area contributed by atoms with E-state index in [1.807, 2.05) is 53.9 Å². The summed E-state index contributed by atoms with van der Waals surface area (Å²) in [7, 11) is 0. The number of rotatable bonds is 4. The van der Waals surface area contributed by atoms with Crippen molar-refractivity contribution in [1.29, 1.82) is 0 Å². The standard InChI is InChI=1S/C19H13NO3S2/c21-18-16(25-19(22)20-18)10-13-6-7-15(14-8-9-24-17(13)14)23-11-12-4-2-1-3-5-12/h1-10H,11H2,(H,20,21,22)/b16-10-. The van der Waals surface area contributed by atoms with Crippen molar-refractivity contribution >= 4 is 50.4 Å². The van der Waals surface area contributed by atoms with Gasteiger partial charge in [0, 0.05) is 10.1 Å². The maximum absolute atomic E-state index is 11.7. The summed E-state index contributed by atoms with van der Waals surface area (Å²) in [5.74, 6) is 0.464. The second kappa shape index (κ2) is 6.74. The van der Waals surface area contributed by atoms with Crippen molar-refractivity contribution in [2.75, 3.05) is 0 Å². The molecule has 1 N–H and O–H groups in total. The lowest BCUT2D eigenvalue weighted by Gasteiger charge is -2.09. The second-order valence-corrected chi connectivity index (χ2v) is 7.37. The zero-order valence-corrected chi connectivity index (χ0v) is 14.7. The number of carbonyl (C=O) groups is 2. The summed E-state index contributed by atoms with van der Waals surface area (Å²) in [5, 5.41) is 4.94. The summed E-state index contributed by atoms with van der Waals surface area (Å²) >= 11 is 2.51. The maximum Gasteiger partial charge on any atom is 0.290 e. The number of imide groups is 1. The Balaban J connectivity index is 1.64. The van der Waals surface area contributed by atoms with Crippen LogP contribution in [0.25, 0.3) is 16.2 Å². The Morgan fingerprint density at radius 2 is 1.88 bits per heavy atom. The number of hydrogen-bond acceptors (Lipinski definition) is 5. The average molecular weight is 367 g/mol. The molecule has 0 unspecified atom stereocenters. The van der Waals surface area contributed by atoms with Gasteiger partial charge in [0.05, 0.1) is 4.91 Å². The van der Waals surface area contributed by atoms with Crippen molar-refractivity contribution in [3.8, 4) is 5.75 Å². The average Bonchev–Trinajstić information content (AvgIpc) is 3.22. The summed E-state index contributed by atoms with van der Waals surface area (Å²) in [6.45, 7) is 0.499. The first kappa shape index (κ1) is 15.9. The van der Waals surface area contributed by atoms with Crippen LogP contribution in [-0.4, -0.2) is 11.1 Å². The molecule has 6 heteroatoms. The van der Waals surface area contributed by atoms with Gasteiger partial charge in [-0.2, -0.15) is 0 Å². The molecular weight excluding hydrogens is 354 g/mol. The summed E-state index contributed by atoms with van der Waals surface area (Å²) in [6, 6.07) is 15.8. The Kier molecular flexibility index (Phi) is 4.29. The molecule has 0 spiro atoms. The van der Waals surface area contributed by atoms with Gasteiger partial charge < -0.3 is 4.74 Å². The van der Waals surface area contributed by atoms with Crippen LogP contribution in [0.15, 0.2) is 58.8 Å². The SMILES string of the molecule is O=C1NC(=O)/C(=C/c2ccc(OCc3ccccc3)c3ccsc23)S1. The lowest BCUT2D eigenvalue weighted by atomic mass is 10.1. The number of fused-ring (bicyclic) bond motifs is 1. The van der Waals surface area contributed by atoms with Crippen molar-refractivity contribution in [2.45, 2.75) is 6.61 Å². The Hall–Kier alpha value is -2.57. The molecule has 1 fully saturated rings. The number of amides is 2. The predicted molar refractivity (Wildman–Crippen MR) is 102 cm³/mol. The maximum atomic E-state index is 11.7. The van der Waals surface area contributed by atoms with Gasteiger partial charge in [-0.05, 0) is 52.5 Å². The molecular formula is C19H13NO3S2. The van der Waals surface area contributed by atoms with Crippen LogP contribution in [0, 0.1) is 0 Å². The van der Waals surface area contributed by atoms with Crippen molar-refractivity contribution < 1.29 is 14.3 Å². The summed E-state index contributed by atoms with van der Waals surface area (Å²) in [5.41, 5.74) is 2.01. The normalized spacial score (nSPS) is 15.8. The van der Waals surface area contributed by atoms with Crippen LogP contribution < -0.4 is 10.1 Å².